The van der Waals surface area contributed by atoms with Crippen molar-refractivity contribution in [2.45, 2.75) is 18.3 Å². The lowest BCUT2D eigenvalue weighted by atomic mass is 10.1. The van der Waals surface area contributed by atoms with Gasteiger partial charge in [0.25, 0.3) is 0 Å². The number of rotatable bonds is 7. The van der Waals surface area contributed by atoms with Gasteiger partial charge < -0.3 is 15.0 Å². The number of carbonyl (C=O) groups excluding carboxylic acids is 1. The number of nitrogens with one attached hydrogen (secondary N) is 1. The summed E-state index contributed by atoms with van der Waals surface area (Å²) < 4.78 is 47.7. The first-order chi connectivity index (χ1) is 19.2. The molecule has 0 atom stereocenters. The van der Waals surface area contributed by atoms with E-state index in [1.165, 1.54) is 6.07 Å². The SMILES string of the molecule is Cc1ccccc1-n1c(SCC(=O)Nc2cc(C(F)(F)F)ccc2N2CCOCC2)nnc1-c1ccc(Cl)cc1. The molecular formula is C28H25ClF3N5O2S. The zero-order valence-corrected chi connectivity index (χ0v) is 23.0. The Morgan fingerprint density at radius 2 is 1.75 bits per heavy atom. The maximum Gasteiger partial charge on any atom is 0.416 e. The third-order valence-corrected chi connectivity index (χ3v) is 7.56. The Hall–Kier alpha value is -3.54. The monoisotopic (exact) mass is 587 g/mol. The van der Waals surface area contributed by atoms with Crippen LogP contribution in [0, 0.1) is 6.92 Å². The van der Waals surface area contributed by atoms with Crippen molar-refractivity contribution in [3.8, 4) is 17.1 Å². The van der Waals surface area contributed by atoms with E-state index in [0.29, 0.717) is 48.0 Å². The van der Waals surface area contributed by atoms with Crippen LogP contribution in [0.5, 0.6) is 0 Å². The van der Waals surface area contributed by atoms with E-state index in [1.54, 1.807) is 12.1 Å². The molecule has 1 aromatic heterocycles. The summed E-state index contributed by atoms with van der Waals surface area (Å²) >= 11 is 7.21. The van der Waals surface area contributed by atoms with Crippen LogP contribution in [0.15, 0.2) is 71.9 Å². The molecule has 5 rings (SSSR count). The number of carbonyl (C=O) groups is 1. The lowest BCUT2D eigenvalue weighted by Gasteiger charge is -2.31. The zero-order valence-electron chi connectivity index (χ0n) is 21.4. The number of alkyl halides is 3. The summed E-state index contributed by atoms with van der Waals surface area (Å²) in [5, 5.41) is 12.5. The highest BCUT2D eigenvalue weighted by atomic mass is 35.5. The van der Waals surface area contributed by atoms with Crippen LogP contribution in [-0.4, -0.2) is 52.7 Å². The molecule has 4 aromatic rings. The standard InChI is InChI=1S/C28H25ClF3N5O2S/c1-18-4-2-3-5-23(18)37-26(19-6-9-21(29)10-7-19)34-35-27(37)40-17-25(38)33-22-16-20(28(30,31)32)8-11-24(22)36-12-14-39-15-13-36/h2-11,16H,12-15,17H2,1H3,(H,33,38). The van der Waals surface area contributed by atoms with Crippen LogP contribution < -0.4 is 10.2 Å². The third kappa shape index (κ3) is 6.27. The van der Waals surface area contributed by atoms with E-state index in [1.807, 2.05) is 52.8 Å². The molecule has 7 nitrogen and oxygen atoms in total. The molecule has 0 saturated carbocycles. The normalized spacial score (nSPS) is 13.9. The smallest absolute Gasteiger partial charge is 0.378 e. The summed E-state index contributed by atoms with van der Waals surface area (Å²) in [7, 11) is 0. The van der Waals surface area contributed by atoms with Gasteiger partial charge >= 0.3 is 6.18 Å². The number of aryl methyl sites for hydroxylation is 1. The van der Waals surface area contributed by atoms with Crippen LogP contribution in [0.1, 0.15) is 11.1 Å². The number of aromatic nitrogens is 3. The Bertz CT molecular complexity index is 1500. The summed E-state index contributed by atoms with van der Waals surface area (Å²) in [6.07, 6.45) is -4.54. The summed E-state index contributed by atoms with van der Waals surface area (Å²) in [6, 6.07) is 18.3. The van der Waals surface area contributed by atoms with Gasteiger partial charge in [-0.3, -0.25) is 9.36 Å². The maximum absolute atomic E-state index is 13.5. The number of ether oxygens (including phenoxy) is 1. The Morgan fingerprint density at radius 3 is 2.45 bits per heavy atom. The first kappa shape index (κ1) is 28.0. The number of benzene rings is 3. The van der Waals surface area contributed by atoms with Crippen molar-refractivity contribution in [1.82, 2.24) is 14.8 Å². The van der Waals surface area contributed by atoms with Crippen molar-refractivity contribution in [3.63, 3.8) is 0 Å². The molecule has 12 heteroatoms. The first-order valence-corrected chi connectivity index (χ1v) is 13.8. The predicted molar refractivity (Wildman–Crippen MR) is 150 cm³/mol. The molecule has 0 aliphatic carbocycles. The summed E-state index contributed by atoms with van der Waals surface area (Å²) in [5.74, 6) is 0.0104. The number of hydrogen-bond donors (Lipinski definition) is 1. The Labute approximate surface area is 238 Å². The highest BCUT2D eigenvalue weighted by Gasteiger charge is 2.32. The average Bonchev–Trinajstić information content (AvgIpc) is 3.36. The third-order valence-electron chi connectivity index (χ3n) is 6.37. The van der Waals surface area contributed by atoms with Gasteiger partial charge in [0.1, 0.15) is 0 Å². The second-order valence-electron chi connectivity index (χ2n) is 9.10. The molecule has 1 saturated heterocycles. The van der Waals surface area contributed by atoms with E-state index in [2.05, 4.69) is 15.5 Å². The molecular weight excluding hydrogens is 563 g/mol. The number of anilines is 2. The van der Waals surface area contributed by atoms with Gasteiger partial charge in [-0.15, -0.1) is 10.2 Å². The molecule has 2 heterocycles. The van der Waals surface area contributed by atoms with E-state index in [9.17, 15) is 18.0 Å². The van der Waals surface area contributed by atoms with E-state index in [-0.39, 0.29) is 11.4 Å². The zero-order chi connectivity index (χ0) is 28.3. The Kier molecular flexibility index (Phi) is 8.34. The van der Waals surface area contributed by atoms with Gasteiger partial charge in [-0.1, -0.05) is 41.6 Å². The molecule has 40 heavy (non-hydrogen) atoms. The van der Waals surface area contributed by atoms with Crippen LogP contribution in [-0.2, 0) is 15.7 Å². The number of nitrogens with zero attached hydrogens (tertiary/aromatic N) is 4. The van der Waals surface area contributed by atoms with Crippen molar-refractivity contribution in [3.05, 3.63) is 82.9 Å². The number of hydrogen-bond acceptors (Lipinski definition) is 6. The Balaban J connectivity index is 1.41. The fraction of sp³-hybridized carbons (Fsp3) is 0.250. The molecule has 1 aliphatic heterocycles. The minimum atomic E-state index is -4.54. The van der Waals surface area contributed by atoms with Crippen LogP contribution >= 0.6 is 23.4 Å². The number of para-hydroxylation sites is 1. The summed E-state index contributed by atoms with van der Waals surface area (Å²) in [5.41, 5.74) is 2.39. The van der Waals surface area contributed by atoms with Crippen LogP contribution in [0.4, 0.5) is 24.5 Å². The quantitative estimate of drug-likeness (QED) is 0.250. The van der Waals surface area contributed by atoms with Gasteiger partial charge in [0.05, 0.1) is 41.6 Å². The molecule has 3 aromatic carbocycles. The predicted octanol–water partition coefficient (Wildman–Crippen LogP) is 6.48. The molecule has 0 radical (unpaired) electrons. The minimum Gasteiger partial charge on any atom is -0.378 e. The molecule has 208 valence electrons. The van der Waals surface area contributed by atoms with Crippen molar-refractivity contribution >= 4 is 40.6 Å². The van der Waals surface area contributed by atoms with Crippen molar-refractivity contribution < 1.29 is 22.7 Å². The van der Waals surface area contributed by atoms with Crippen LogP contribution in [0.3, 0.4) is 0 Å². The number of morpholine rings is 1. The molecule has 1 amide bonds. The lowest BCUT2D eigenvalue weighted by molar-refractivity contribution is -0.137. The van der Waals surface area contributed by atoms with E-state index in [4.69, 9.17) is 16.3 Å². The minimum absolute atomic E-state index is 0.0938. The summed E-state index contributed by atoms with van der Waals surface area (Å²) in [6.45, 7) is 3.89. The fourth-order valence-electron chi connectivity index (χ4n) is 4.39. The topological polar surface area (TPSA) is 72.3 Å². The number of halogens is 4. The van der Waals surface area contributed by atoms with Gasteiger partial charge in [0.2, 0.25) is 5.91 Å². The van der Waals surface area contributed by atoms with Gasteiger partial charge in [0, 0.05) is 23.7 Å². The van der Waals surface area contributed by atoms with E-state index in [0.717, 1.165) is 40.7 Å². The highest BCUT2D eigenvalue weighted by Crippen LogP contribution is 2.36. The number of thioether (sulfide) groups is 1. The van der Waals surface area contributed by atoms with Gasteiger partial charge in [-0.05, 0) is 61.0 Å². The van der Waals surface area contributed by atoms with E-state index >= 15 is 0 Å². The largest absolute Gasteiger partial charge is 0.416 e. The van der Waals surface area contributed by atoms with E-state index < -0.39 is 17.6 Å². The molecule has 1 fully saturated rings. The number of amides is 1. The Morgan fingerprint density at radius 1 is 1.02 bits per heavy atom. The summed E-state index contributed by atoms with van der Waals surface area (Å²) in [4.78, 5) is 15.0. The maximum atomic E-state index is 13.5. The average molecular weight is 588 g/mol. The van der Waals surface area contributed by atoms with Crippen LogP contribution in [0.2, 0.25) is 5.02 Å². The molecule has 1 N–H and O–H groups in total. The van der Waals surface area contributed by atoms with Gasteiger partial charge in [-0.2, -0.15) is 13.2 Å². The van der Waals surface area contributed by atoms with Crippen LogP contribution in [0.25, 0.3) is 17.1 Å². The molecule has 1 aliphatic rings. The van der Waals surface area contributed by atoms with Crippen molar-refractivity contribution in [2.24, 2.45) is 0 Å². The second-order valence-corrected chi connectivity index (χ2v) is 10.5. The van der Waals surface area contributed by atoms with Crippen molar-refractivity contribution in [2.75, 3.05) is 42.3 Å². The van der Waals surface area contributed by atoms with Crippen molar-refractivity contribution in [1.29, 1.82) is 0 Å². The fourth-order valence-corrected chi connectivity index (χ4v) is 5.26. The lowest BCUT2D eigenvalue weighted by Crippen LogP contribution is -2.37. The van der Waals surface area contributed by atoms with Gasteiger partial charge in [0.15, 0.2) is 11.0 Å². The molecule has 0 bridgehead atoms. The van der Waals surface area contributed by atoms with Gasteiger partial charge in [-0.25, -0.2) is 0 Å². The first-order valence-electron chi connectivity index (χ1n) is 12.4. The highest BCUT2D eigenvalue weighted by molar-refractivity contribution is 7.99. The second kappa shape index (κ2) is 11.9. The molecule has 0 spiro atoms. The molecule has 0 unspecified atom stereocenters.